The first-order chi connectivity index (χ1) is 16.6. The van der Waals surface area contributed by atoms with E-state index >= 15 is 0 Å². The lowest BCUT2D eigenvalue weighted by molar-refractivity contribution is -0.113. The average molecular weight is 472 g/mol. The summed E-state index contributed by atoms with van der Waals surface area (Å²) in [6.45, 7) is 4.10. The molecule has 0 unspecified atom stereocenters. The maximum absolute atomic E-state index is 13.3. The Hall–Kier alpha value is -3.65. The number of thioether (sulfide) groups is 1. The lowest BCUT2D eigenvalue weighted by Gasteiger charge is -2.17. The van der Waals surface area contributed by atoms with Crippen LogP contribution in [0.3, 0.4) is 0 Å². The van der Waals surface area contributed by atoms with Crippen molar-refractivity contribution in [2.75, 3.05) is 29.1 Å². The standard InChI is InChI=1S/C26H25N5O2S/c1-18-8-13-23(27-16-18)31-25(33)21-6-2-3-7-22(21)29-26(31)34-17-24(32)28-19-9-11-20(12-10-19)30-14-4-5-15-30/h2-3,6-13,16H,4-5,14-15,17H2,1H3,(H,28,32). The predicted molar refractivity (Wildman–Crippen MR) is 137 cm³/mol. The molecule has 34 heavy (non-hydrogen) atoms. The zero-order chi connectivity index (χ0) is 23.5. The van der Waals surface area contributed by atoms with Gasteiger partial charge >= 0.3 is 0 Å². The Morgan fingerprint density at radius 3 is 2.53 bits per heavy atom. The third-order valence-electron chi connectivity index (χ3n) is 5.82. The van der Waals surface area contributed by atoms with Gasteiger partial charge in [-0.25, -0.2) is 14.5 Å². The van der Waals surface area contributed by atoms with Crippen LogP contribution in [0.4, 0.5) is 11.4 Å². The number of pyridine rings is 1. The molecule has 1 amide bonds. The Morgan fingerprint density at radius 1 is 1.03 bits per heavy atom. The fraction of sp³-hybridized carbons (Fsp3) is 0.231. The quantitative estimate of drug-likeness (QED) is 0.331. The minimum atomic E-state index is -0.206. The number of aromatic nitrogens is 3. The van der Waals surface area contributed by atoms with Crippen LogP contribution in [0.25, 0.3) is 16.7 Å². The van der Waals surface area contributed by atoms with Gasteiger partial charge in [0.25, 0.3) is 5.56 Å². The van der Waals surface area contributed by atoms with Gasteiger partial charge in [-0.15, -0.1) is 0 Å². The van der Waals surface area contributed by atoms with Gasteiger partial charge in [0.1, 0.15) is 5.82 Å². The van der Waals surface area contributed by atoms with Gasteiger partial charge in [-0.05, 0) is 67.8 Å². The van der Waals surface area contributed by atoms with Crippen LogP contribution < -0.4 is 15.8 Å². The SMILES string of the molecule is Cc1ccc(-n2c(SCC(=O)Nc3ccc(N4CCCC4)cc3)nc3ccccc3c2=O)nc1. The molecule has 4 aromatic rings. The Labute approximate surface area is 201 Å². The van der Waals surface area contributed by atoms with Crippen molar-refractivity contribution in [2.24, 2.45) is 0 Å². The molecule has 2 aromatic carbocycles. The average Bonchev–Trinajstić information content (AvgIpc) is 3.39. The van der Waals surface area contributed by atoms with Crippen molar-refractivity contribution in [1.82, 2.24) is 14.5 Å². The van der Waals surface area contributed by atoms with Gasteiger partial charge in [-0.2, -0.15) is 0 Å². The van der Waals surface area contributed by atoms with Gasteiger partial charge in [0, 0.05) is 30.7 Å². The van der Waals surface area contributed by atoms with Crippen molar-refractivity contribution < 1.29 is 4.79 Å². The molecule has 3 heterocycles. The van der Waals surface area contributed by atoms with E-state index < -0.39 is 0 Å². The number of nitrogens with one attached hydrogen (secondary N) is 1. The highest BCUT2D eigenvalue weighted by Gasteiger charge is 2.16. The maximum Gasteiger partial charge on any atom is 0.267 e. The monoisotopic (exact) mass is 471 g/mol. The van der Waals surface area contributed by atoms with E-state index in [2.05, 4.69) is 20.2 Å². The lowest BCUT2D eigenvalue weighted by Crippen LogP contribution is -2.23. The van der Waals surface area contributed by atoms with Crippen LogP contribution in [-0.4, -0.2) is 39.3 Å². The van der Waals surface area contributed by atoms with E-state index in [0.717, 1.165) is 24.3 Å². The minimum absolute atomic E-state index is 0.116. The first-order valence-electron chi connectivity index (χ1n) is 11.3. The number of anilines is 2. The Kier molecular flexibility index (Phi) is 6.31. The highest BCUT2D eigenvalue weighted by molar-refractivity contribution is 7.99. The highest BCUT2D eigenvalue weighted by Crippen LogP contribution is 2.23. The number of hydrogen-bond acceptors (Lipinski definition) is 6. The molecular weight excluding hydrogens is 446 g/mol. The molecule has 0 spiro atoms. The molecule has 172 valence electrons. The van der Waals surface area contributed by atoms with Crippen molar-refractivity contribution in [2.45, 2.75) is 24.9 Å². The summed E-state index contributed by atoms with van der Waals surface area (Å²) in [5, 5.41) is 3.88. The highest BCUT2D eigenvalue weighted by atomic mass is 32.2. The van der Waals surface area contributed by atoms with Crippen molar-refractivity contribution in [1.29, 1.82) is 0 Å². The van der Waals surface area contributed by atoms with E-state index in [1.165, 1.54) is 34.9 Å². The third kappa shape index (κ3) is 4.68. The van der Waals surface area contributed by atoms with Crippen LogP contribution in [0.15, 0.2) is 76.8 Å². The first kappa shape index (κ1) is 22.2. The van der Waals surface area contributed by atoms with Crippen molar-refractivity contribution >= 4 is 39.9 Å². The maximum atomic E-state index is 13.3. The van der Waals surface area contributed by atoms with E-state index in [-0.39, 0.29) is 17.2 Å². The molecule has 1 fully saturated rings. The summed E-state index contributed by atoms with van der Waals surface area (Å²) in [5.41, 5.74) is 3.31. The zero-order valence-electron chi connectivity index (χ0n) is 18.9. The second kappa shape index (κ2) is 9.69. The number of carbonyl (C=O) groups is 1. The molecule has 1 N–H and O–H groups in total. The lowest BCUT2D eigenvalue weighted by atomic mass is 10.2. The molecule has 0 bridgehead atoms. The van der Waals surface area contributed by atoms with Crippen LogP contribution in [0.5, 0.6) is 0 Å². The fourth-order valence-corrected chi connectivity index (χ4v) is 4.86. The van der Waals surface area contributed by atoms with E-state index in [4.69, 9.17) is 0 Å². The Balaban J connectivity index is 1.35. The van der Waals surface area contributed by atoms with Gasteiger partial charge in [0.15, 0.2) is 5.16 Å². The topological polar surface area (TPSA) is 80.1 Å². The molecule has 5 rings (SSSR count). The molecule has 0 atom stereocenters. The number of aryl methyl sites for hydroxylation is 1. The molecule has 8 heteroatoms. The molecule has 0 aliphatic carbocycles. The second-order valence-electron chi connectivity index (χ2n) is 8.32. The van der Waals surface area contributed by atoms with Gasteiger partial charge in [0.2, 0.25) is 5.91 Å². The summed E-state index contributed by atoms with van der Waals surface area (Å²) < 4.78 is 1.48. The van der Waals surface area contributed by atoms with E-state index in [1.807, 2.05) is 49.4 Å². The number of rotatable bonds is 6. The number of para-hydroxylation sites is 1. The molecule has 7 nitrogen and oxygen atoms in total. The summed E-state index contributed by atoms with van der Waals surface area (Å²) in [7, 11) is 0. The minimum Gasteiger partial charge on any atom is -0.372 e. The molecular formula is C26H25N5O2S. The van der Waals surface area contributed by atoms with Crippen LogP contribution in [0, 0.1) is 6.92 Å². The molecule has 0 saturated carbocycles. The van der Waals surface area contributed by atoms with Gasteiger partial charge in [-0.3, -0.25) is 9.59 Å². The Morgan fingerprint density at radius 2 is 1.79 bits per heavy atom. The molecule has 2 aromatic heterocycles. The first-order valence-corrected chi connectivity index (χ1v) is 12.3. The summed E-state index contributed by atoms with van der Waals surface area (Å²) in [6.07, 6.45) is 4.16. The summed E-state index contributed by atoms with van der Waals surface area (Å²) in [4.78, 5) is 37.4. The molecule has 1 saturated heterocycles. The number of amides is 1. The largest absolute Gasteiger partial charge is 0.372 e. The van der Waals surface area contributed by atoms with E-state index in [9.17, 15) is 9.59 Å². The normalized spacial score (nSPS) is 13.4. The summed E-state index contributed by atoms with van der Waals surface area (Å²) >= 11 is 1.22. The van der Waals surface area contributed by atoms with Crippen LogP contribution in [0.1, 0.15) is 18.4 Å². The van der Waals surface area contributed by atoms with Crippen LogP contribution in [0.2, 0.25) is 0 Å². The van der Waals surface area contributed by atoms with E-state index in [0.29, 0.717) is 21.9 Å². The number of benzene rings is 2. The smallest absolute Gasteiger partial charge is 0.267 e. The number of carbonyl (C=O) groups excluding carboxylic acids is 1. The second-order valence-corrected chi connectivity index (χ2v) is 9.27. The predicted octanol–water partition coefficient (Wildman–Crippen LogP) is 4.42. The van der Waals surface area contributed by atoms with Crippen LogP contribution >= 0.6 is 11.8 Å². The summed E-state index contributed by atoms with van der Waals surface area (Å²) in [5.74, 6) is 0.434. The molecule has 0 radical (unpaired) electrons. The third-order valence-corrected chi connectivity index (χ3v) is 6.76. The van der Waals surface area contributed by atoms with Crippen LogP contribution in [-0.2, 0) is 4.79 Å². The van der Waals surface area contributed by atoms with Gasteiger partial charge in [0.05, 0.1) is 16.7 Å². The number of fused-ring (bicyclic) bond motifs is 1. The van der Waals surface area contributed by atoms with Gasteiger partial charge in [-0.1, -0.05) is 30.0 Å². The number of hydrogen-bond donors (Lipinski definition) is 1. The fourth-order valence-electron chi connectivity index (χ4n) is 4.06. The van der Waals surface area contributed by atoms with Crippen molar-refractivity contribution in [3.05, 3.63) is 82.8 Å². The van der Waals surface area contributed by atoms with Crippen molar-refractivity contribution in [3.8, 4) is 5.82 Å². The zero-order valence-corrected chi connectivity index (χ0v) is 19.7. The van der Waals surface area contributed by atoms with E-state index in [1.54, 1.807) is 24.4 Å². The molecule has 1 aliphatic rings. The molecule has 1 aliphatic heterocycles. The Bertz CT molecular complexity index is 1380. The summed E-state index contributed by atoms with van der Waals surface area (Å²) in [6, 6.07) is 18.8. The number of nitrogens with zero attached hydrogens (tertiary/aromatic N) is 4. The van der Waals surface area contributed by atoms with Crippen molar-refractivity contribution in [3.63, 3.8) is 0 Å². The van der Waals surface area contributed by atoms with Gasteiger partial charge < -0.3 is 10.2 Å².